The molecule has 2 aromatic carbocycles. The molecular weight excluding hydrogens is 466 g/mol. The predicted octanol–water partition coefficient (Wildman–Crippen LogP) is 3.48. The van der Waals surface area contributed by atoms with Gasteiger partial charge in [-0.15, -0.1) is 0 Å². The van der Waals surface area contributed by atoms with Gasteiger partial charge in [0.25, 0.3) is 5.91 Å². The number of carbonyl (C=O) groups is 1. The number of carbonyl (C=O) groups excluding carboxylic acids is 1. The Morgan fingerprint density at radius 2 is 1.74 bits per heavy atom. The SMILES string of the molecule is O=C(Nc1ccc2c(c1)C1(CC1)CO2)c1ccc(NS(=O)(=O)CCO)cc1N1CCC2(CC1)CC2. The summed E-state index contributed by atoms with van der Waals surface area (Å²) < 4.78 is 32.8. The summed E-state index contributed by atoms with van der Waals surface area (Å²) in [5, 5.41) is 12.1. The number of nitrogens with one attached hydrogen (secondary N) is 2. The van der Waals surface area contributed by atoms with Crippen LogP contribution in [-0.4, -0.2) is 51.5 Å². The average molecular weight is 498 g/mol. The van der Waals surface area contributed by atoms with Gasteiger partial charge in [0.05, 0.1) is 35.9 Å². The van der Waals surface area contributed by atoms with Crippen LogP contribution < -0.4 is 19.7 Å². The smallest absolute Gasteiger partial charge is 0.257 e. The van der Waals surface area contributed by atoms with Gasteiger partial charge < -0.3 is 20.1 Å². The second kappa shape index (κ2) is 8.13. The highest BCUT2D eigenvalue weighted by Gasteiger charge is 2.50. The lowest BCUT2D eigenvalue weighted by Gasteiger charge is -2.35. The Kier molecular flexibility index (Phi) is 5.27. The predicted molar refractivity (Wildman–Crippen MR) is 135 cm³/mol. The molecule has 0 aromatic heterocycles. The van der Waals surface area contributed by atoms with E-state index in [1.165, 1.54) is 18.4 Å². The molecule has 2 aliphatic heterocycles. The highest BCUT2D eigenvalue weighted by molar-refractivity contribution is 7.92. The zero-order valence-electron chi connectivity index (χ0n) is 19.7. The molecule has 0 radical (unpaired) electrons. The molecule has 2 heterocycles. The minimum absolute atomic E-state index is 0.126. The molecule has 1 saturated heterocycles. The highest BCUT2D eigenvalue weighted by atomic mass is 32.2. The summed E-state index contributed by atoms with van der Waals surface area (Å²) in [6, 6.07) is 10.9. The fourth-order valence-electron chi connectivity index (χ4n) is 5.50. The number of hydrogen-bond donors (Lipinski definition) is 3. The van der Waals surface area contributed by atoms with Crippen molar-refractivity contribution in [2.24, 2.45) is 5.41 Å². The fourth-order valence-corrected chi connectivity index (χ4v) is 6.33. The molecule has 186 valence electrons. The number of aliphatic hydroxyl groups excluding tert-OH is 1. The summed E-state index contributed by atoms with van der Waals surface area (Å²) in [7, 11) is -3.66. The van der Waals surface area contributed by atoms with Crippen LogP contribution in [-0.2, 0) is 15.4 Å². The molecule has 6 rings (SSSR count). The van der Waals surface area contributed by atoms with E-state index >= 15 is 0 Å². The van der Waals surface area contributed by atoms with E-state index in [0.717, 1.165) is 55.9 Å². The third-order valence-corrected chi connectivity index (χ3v) is 9.43. The van der Waals surface area contributed by atoms with Crippen molar-refractivity contribution in [2.45, 2.75) is 43.9 Å². The Morgan fingerprint density at radius 1 is 1.00 bits per heavy atom. The number of nitrogens with zero attached hydrogens (tertiary/aromatic N) is 1. The van der Waals surface area contributed by atoms with Crippen LogP contribution in [0, 0.1) is 5.41 Å². The molecule has 8 nitrogen and oxygen atoms in total. The number of aliphatic hydroxyl groups is 1. The maximum atomic E-state index is 13.5. The number of ether oxygens (including phenoxy) is 1. The molecule has 3 N–H and O–H groups in total. The second-order valence-corrected chi connectivity index (χ2v) is 12.4. The first-order valence-electron chi connectivity index (χ1n) is 12.4. The summed E-state index contributed by atoms with van der Waals surface area (Å²) in [5.41, 5.74) is 4.15. The van der Waals surface area contributed by atoms with Gasteiger partial charge in [0, 0.05) is 29.8 Å². The third kappa shape index (κ3) is 4.36. The van der Waals surface area contributed by atoms with Crippen molar-refractivity contribution in [1.82, 2.24) is 0 Å². The van der Waals surface area contributed by atoms with Gasteiger partial charge in [-0.3, -0.25) is 9.52 Å². The van der Waals surface area contributed by atoms with Gasteiger partial charge in [-0.25, -0.2) is 8.42 Å². The minimum atomic E-state index is -3.66. The number of sulfonamides is 1. The van der Waals surface area contributed by atoms with Crippen LogP contribution in [0.15, 0.2) is 36.4 Å². The number of hydrogen-bond acceptors (Lipinski definition) is 6. The van der Waals surface area contributed by atoms with Crippen molar-refractivity contribution in [3.63, 3.8) is 0 Å². The van der Waals surface area contributed by atoms with Crippen LogP contribution in [0.3, 0.4) is 0 Å². The van der Waals surface area contributed by atoms with Gasteiger partial charge in [-0.05, 0) is 80.3 Å². The van der Waals surface area contributed by atoms with E-state index in [0.29, 0.717) is 23.3 Å². The molecule has 35 heavy (non-hydrogen) atoms. The summed E-state index contributed by atoms with van der Waals surface area (Å²) in [6.45, 7) is 1.94. The van der Waals surface area contributed by atoms with Crippen molar-refractivity contribution in [1.29, 1.82) is 0 Å². The van der Waals surface area contributed by atoms with Crippen molar-refractivity contribution in [3.05, 3.63) is 47.5 Å². The number of anilines is 3. The summed E-state index contributed by atoms with van der Waals surface area (Å²) in [5.74, 6) is 0.309. The molecular formula is C26H31N3O5S. The van der Waals surface area contributed by atoms with Crippen molar-refractivity contribution >= 4 is 33.0 Å². The van der Waals surface area contributed by atoms with Gasteiger partial charge in [0.2, 0.25) is 10.0 Å². The Bertz CT molecular complexity index is 1270. The Balaban J connectivity index is 1.27. The molecule has 0 atom stereocenters. The molecule has 1 amide bonds. The number of amides is 1. The van der Waals surface area contributed by atoms with E-state index in [1.54, 1.807) is 18.2 Å². The van der Waals surface area contributed by atoms with E-state index in [9.17, 15) is 13.2 Å². The zero-order valence-corrected chi connectivity index (χ0v) is 20.5. The quantitative estimate of drug-likeness (QED) is 0.541. The Labute approximate surface area is 205 Å². The molecule has 2 spiro atoms. The Hall–Kier alpha value is -2.78. The van der Waals surface area contributed by atoms with Crippen LogP contribution in [0.25, 0.3) is 0 Å². The number of benzene rings is 2. The molecule has 0 unspecified atom stereocenters. The second-order valence-electron chi connectivity index (χ2n) is 10.6. The monoisotopic (exact) mass is 497 g/mol. The lowest BCUT2D eigenvalue weighted by molar-refractivity contribution is 0.102. The molecule has 2 aliphatic carbocycles. The molecule has 9 heteroatoms. The molecule has 4 aliphatic rings. The summed E-state index contributed by atoms with van der Waals surface area (Å²) in [4.78, 5) is 15.6. The van der Waals surface area contributed by atoms with Crippen molar-refractivity contribution in [2.75, 3.05) is 47.0 Å². The molecule has 2 saturated carbocycles. The van der Waals surface area contributed by atoms with Gasteiger partial charge in [-0.2, -0.15) is 0 Å². The number of rotatable bonds is 7. The molecule has 0 bridgehead atoms. The maximum Gasteiger partial charge on any atom is 0.257 e. The van der Waals surface area contributed by atoms with E-state index in [1.807, 2.05) is 18.2 Å². The van der Waals surface area contributed by atoms with Crippen LogP contribution >= 0.6 is 0 Å². The van der Waals surface area contributed by atoms with Crippen LogP contribution in [0.2, 0.25) is 0 Å². The minimum Gasteiger partial charge on any atom is -0.492 e. The van der Waals surface area contributed by atoms with E-state index in [4.69, 9.17) is 9.84 Å². The topological polar surface area (TPSA) is 108 Å². The third-order valence-electron chi connectivity index (χ3n) is 8.16. The molecule has 2 aromatic rings. The normalized spacial score (nSPS) is 20.9. The first-order chi connectivity index (χ1) is 16.8. The number of fused-ring (bicyclic) bond motifs is 2. The van der Waals surface area contributed by atoms with E-state index in [-0.39, 0.29) is 17.1 Å². The largest absolute Gasteiger partial charge is 0.492 e. The van der Waals surface area contributed by atoms with Gasteiger partial charge in [0.1, 0.15) is 5.75 Å². The summed E-state index contributed by atoms with van der Waals surface area (Å²) in [6.07, 6.45) is 6.96. The van der Waals surface area contributed by atoms with E-state index in [2.05, 4.69) is 14.9 Å². The average Bonchev–Trinajstić information content (AvgIpc) is 3.74. The van der Waals surface area contributed by atoms with E-state index < -0.39 is 16.6 Å². The fraction of sp³-hybridized carbons (Fsp3) is 0.500. The first-order valence-corrected chi connectivity index (χ1v) is 14.0. The standard InChI is InChI=1S/C26H31N3O5S/c30-13-14-35(32,33)28-19-1-3-20(22(16-19)29-11-9-25(5-6-25)10-12-29)24(31)27-18-2-4-23-21(15-18)26(7-8-26)17-34-23/h1-4,15-16,28,30H,5-14,17H2,(H,27,31). The lowest BCUT2D eigenvalue weighted by atomic mass is 9.93. The lowest BCUT2D eigenvalue weighted by Crippen LogP contribution is -2.35. The first kappa shape index (κ1) is 22.7. The van der Waals surface area contributed by atoms with Crippen LogP contribution in [0.1, 0.15) is 54.4 Å². The maximum absolute atomic E-state index is 13.5. The van der Waals surface area contributed by atoms with Gasteiger partial charge in [-0.1, -0.05) is 0 Å². The highest BCUT2D eigenvalue weighted by Crippen LogP contribution is 2.56. The zero-order chi connectivity index (χ0) is 24.3. The molecule has 3 fully saturated rings. The van der Waals surface area contributed by atoms with Crippen molar-refractivity contribution in [3.8, 4) is 5.75 Å². The number of piperidine rings is 1. The van der Waals surface area contributed by atoms with Crippen molar-refractivity contribution < 1.29 is 23.1 Å². The van der Waals surface area contributed by atoms with Gasteiger partial charge in [0.15, 0.2) is 0 Å². The van der Waals surface area contributed by atoms with Crippen LogP contribution in [0.4, 0.5) is 17.1 Å². The van der Waals surface area contributed by atoms with Gasteiger partial charge >= 0.3 is 0 Å². The Morgan fingerprint density at radius 3 is 2.43 bits per heavy atom. The summed E-state index contributed by atoms with van der Waals surface area (Å²) >= 11 is 0. The van der Waals surface area contributed by atoms with Crippen LogP contribution in [0.5, 0.6) is 5.75 Å².